The first kappa shape index (κ1) is 13.6. The lowest BCUT2D eigenvalue weighted by atomic mass is 10.1. The predicted octanol–water partition coefficient (Wildman–Crippen LogP) is 3.43. The van der Waals surface area contributed by atoms with Crippen LogP contribution in [0.15, 0.2) is 10.7 Å². The molecule has 17 heavy (non-hydrogen) atoms. The van der Waals surface area contributed by atoms with Crippen LogP contribution < -0.4 is 0 Å². The van der Waals surface area contributed by atoms with Crippen molar-refractivity contribution < 1.29 is 27.1 Å². The van der Waals surface area contributed by atoms with Crippen LogP contribution in [0.1, 0.15) is 41.9 Å². The fraction of sp³-hybridized carbons (Fsp3) is 0.545. The molecule has 1 rings (SSSR count). The normalized spacial score (nSPS) is 11.6. The average Bonchev–Trinajstić information content (AvgIpc) is 2.62. The monoisotopic (exact) mass is 250 g/mol. The number of alkyl halides is 3. The SMILES string of the molecule is CCCc1occ(C(F)(F)F)c1C(=O)OCC. The van der Waals surface area contributed by atoms with Gasteiger partial charge in [-0.2, -0.15) is 13.2 Å². The van der Waals surface area contributed by atoms with Gasteiger partial charge in [-0.15, -0.1) is 0 Å². The number of ether oxygens (including phenoxy) is 1. The van der Waals surface area contributed by atoms with E-state index in [1.807, 2.05) is 0 Å². The Balaban J connectivity index is 3.19. The van der Waals surface area contributed by atoms with Crippen LogP contribution in [0.5, 0.6) is 0 Å². The van der Waals surface area contributed by atoms with Gasteiger partial charge in [-0.3, -0.25) is 0 Å². The molecule has 0 aliphatic heterocycles. The molecule has 0 spiro atoms. The summed E-state index contributed by atoms with van der Waals surface area (Å²) in [5, 5.41) is 0. The molecule has 0 saturated carbocycles. The van der Waals surface area contributed by atoms with E-state index < -0.39 is 23.3 Å². The van der Waals surface area contributed by atoms with Gasteiger partial charge >= 0.3 is 12.1 Å². The third kappa shape index (κ3) is 3.01. The van der Waals surface area contributed by atoms with Crippen molar-refractivity contribution >= 4 is 5.97 Å². The van der Waals surface area contributed by atoms with Crippen LogP contribution in [0.25, 0.3) is 0 Å². The summed E-state index contributed by atoms with van der Waals surface area (Å²) < 4.78 is 47.3. The number of hydrogen-bond acceptors (Lipinski definition) is 3. The maximum Gasteiger partial charge on any atom is 0.420 e. The van der Waals surface area contributed by atoms with E-state index in [2.05, 4.69) is 4.74 Å². The highest BCUT2D eigenvalue weighted by molar-refractivity contribution is 5.92. The molecule has 0 amide bonds. The highest BCUT2D eigenvalue weighted by Crippen LogP contribution is 2.35. The Hall–Kier alpha value is -1.46. The molecule has 0 aliphatic carbocycles. The molecule has 6 heteroatoms. The number of rotatable bonds is 4. The minimum absolute atomic E-state index is 0.0207. The number of carbonyl (C=O) groups excluding carboxylic acids is 1. The molecule has 0 aliphatic rings. The Morgan fingerprint density at radius 1 is 1.41 bits per heavy atom. The minimum atomic E-state index is -4.61. The van der Waals surface area contributed by atoms with Crippen LogP contribution in [0, 0.1) is 0 Å². The van der Waals surface area contributed by atoms with Crippen LogP contribution in [0.3, 0.4) is 0 Å². The average molecular weight is 250 g/mol. The zero-order valence-corrected chi connectivity index (χ0v) is 9.56. The van der Waals surface area contributed by atoms with E-state index in [1.54, 1.807) is 6.92 Å². The summed E-state index contributed by atoms with van der Waals surface area (Å²) >= 11 is 0. The molecule has 96 valence electrons. The quantitative estimate of drug-likeness (QED) is 0.768. The zero-order chi connectivity index (χ0) is 13.1. The van der Waals surface area contributed by atoms with E-state index in [0.717, 1.165) is 0 Å². The summed E-state index contributed by atoms with van der Waals surface area (Å²) in [6.07, 6.45) is -3.20. The van der Waals surface area contributed by atoms with Crippen molar-refractivity contribution in [2.75, 3.05) is 6.61 Å². The maximum absolute atomic E-state index is 12.6. The lowest BCUT2D eigenvalue weighted by Crippen LogP contribution is -2.14. The van der Waals surface area contributed by atoms with Gasteiger partial charge < -0.3 is 9.15 Å². The summed E-state index contributed by atoms with van der Waals surface area (Å²) in [5.41, 5.74) is -1.57. The molecular formula is C11H13F3O3. The van der Waals surface area contributed by atoms with Crippen LogP contribution >= 0.6 is 0 Å². The molecule has 1 aromatic rings. The number of aryl methyl sites for hydroxylation is 1. The van der Waals surface area contributed by atoms with Gasteiger partial charge in [-0.25, -0.2) is 4.79 Å². The van der Waals surface area contributed by atoms with Gasteiger partial charge in [0.05, 0.1) is 6.61 Å². The number of hydrogen-bond donors (Lipinski definition) is 0. The fourth-order valence-electron chi connectivity index (χ4n) is 1.44. The van der Waals surface area contributed by atoms with Crippen LogP contribution in [-0.2, 0) is 17.3 Å². The first-order valence-electron chi connectivity index (χ1n) is 5.26. The Labute approximate surface area is 96.6 Å². The maximum atomic E-state index is 12.6. The van der Waals surface area contributed by atoms with Crippen molar-refractivity contribution in [1.82, 2.24) is 0 Å². The lowest BCUT2D eigenvalue weighted by Gasteiger charge is -2.07. The van der Waals surface area contributed by atoms with Gasteiger partial charge in [-0.1, -0.05) is 6.92 Å². The second-order valence-corrected chi connectivity index (χ2v) is 3.42. The summed E-state index contributed by atoms with van der Waals surface area (Å²) in [6, 6.07) is 0. The number of halogens is 3. The van der Waals surface area contributed by atoms with Gasteiger partial charge in [0.15, 0.2) is 0 Å². The topological polar surface area (TPSA) is 39.4 Å². The number of furan rings is 1. The first-order chi connectivity index (χ1) is 7.91. The van der Waals surface area contributed by atoms with Crippen LogP contribution in [0.4, 0.5) is 13.2 Å². The Kier molecular flexibility index (Phi) is 4.20. The van der Waals surface area contributed by atoms with E-state index >= 15 is 0 Å². The van der Waals surface area contributed by atoms with Gasteiger partial charge in [0.25, 0.3) is 0 Å². The largest absolute Gasteiger partial charge is 0.468 e. The predicted molar refractivity (Wildman–Crippen MR) is 53.7 cm³/mol. The summed E-state index contributed by atoms with van der Waals surface area (Å²) in [7, 11) is 0. The molecule has 0 N–H and O–H groups in total. The zero-order valence-electron chi connectivity index (χ0n) is 9.56. The van der Waals surface area contributed by atoms with Gasteiger partial charge in [0, 0.05) is 6.42 Å². The van der Waals surface area contributed by atoms with Crippen molar-refractivity contribution in [2.45, 2.75) is 32.9 Å². The fourth-order valence-corrected chi connectivity index (χ4v) is 1.44. The third-order valence-electron chi connectivity index (χ3n) is 2.13. The molecule has 0 fully saturated rings. The van der Waals surface area contributed by atoms with E-state index in [0.29, 0.717) is 12.7 Å². The highest BCUT2D eigenvalue weighted by atomic mass is 19.4. The van der Waals surface area contributed by atoms with Gasteiger partial charge in [0.2, 0.25) is 0 Å². The number of esters is 1. The molecular weight excluding hydrogens is 237 g/mol. The van der Waals surface area contributed by atoms with Crippen LogP contribution in [-0.4, -0.2) is 12.6 Å². The molecule has 1 aromatic heterocycles. The molecule has 0 radical (unpaired) electrons. The Morgan fingerprint density at radius 2 is 2.06 bits per heavy atom. The van der Waals surface area contributed by atoms with Gasteiger partial charge in [-0.05, 0) is 13.3 Å². The standard InChI is InChI=1S/C11H13F3O3/c1-3-5-8-9(10(15)16-4-2)7(6-17-8)11(12,13)14/h6H,3-5H2,1-2H3. The second-order valence-electron chi connectivity index (χ2n) is 3.42. The van der Waals surface area contributed by atoms with Crippen molar-refractivity contribution in [2.24, 2.45) is 0 Å². The molecule has 0 atom stereocenters. The smallest absolute Gasteiger partial charge is 0.420 e. The van der Waals surface area contributed by atoms with Crippen molar-refractivity contribution in [3.8, 4) is 0 Å². The van der Waals surface area contributed by atoms with Crippen molar-refractivity contribution in [3.63, 3.8) is 0 Å². The molecule has 0 saturated heterocycles. The van der Waals surface area contributed by atoms with Crippen molar-refractivity contribution in [3.05, 3.63) is 23.2 Å². The second kappa shape index (κ2) is 5.25. The summed E-state index contributed by atoms with van der Waals surface area (Å²) in [5.74, 6) is -0.963. The Morgan fingerprint density at radius 3 is 2.53 bits per heavy atom. The first-order valence-corrected chi connectivity index (χ1v) is 5.26. The molecule has 3 nitrogen and oxygen atoms in total. The Bertz CT molecular complexity index is 393. The van der Waals surface area contributed by atoms with Crippen LogP contribution in [0.2, 0.25) is 0 Å². The summed E-state index contributed by atoms with van der Waals surface area (Å²) in [4.78, 5) is 11.5. The molecule has 0 aromatic carbocycles. The molecule has 0 bridgehead atoms. The van der Waals surface area contributed by atoms with Gasteiger partial charge in [0.1, 0.15) is 23.2 Å². The van der Waals surface area contributed by atoms with E-state index in [1.165, 1.54) is 6.92 Å². The third-order valence-corrected chi connectivity index (χ3v) is 2.13. The minimum Gasteiger partial charge on any atom is -0.468 e. The van der Waals surface area contributed by atoms with Crippen molar-refractivity contribution in [1.29, 1.82) is 0 Å². The summed E-state index contributed by atoms with van der Waals surface area (Å²) in [6.45, 7) is 3.34. The number of carbonyl (C=O) groups is 1. The molecule has 1 heterocycles. The van der Waals surface area contributed by atoms with E-state index in [4.69, 9.17) is 4.42 Å². The lowest BCUT2D eigenvalue weighted by molar-refractivity contribution is -0.138. The highest BCUT2D eigenvalue weighted by Gasteiger charge is 2.39. The van der Waals surface area contributed by atoms with E-state index in [-0.39, 0.29) is 18.8 Å². The van der Waals surface area contributed by atoms with E-state index in [9.17, 15) is 18.0 Å². The molecule has 0 unspecified atom stereocenters.